The first kappa shape index (κ1) is 11.7. The second-order valence-electron chi connectivity index (χ2n) is 2.61. The quantitative estimate of drug-likeness (QED) is 0.837. The normalized spacial score (nSPS) is 13.6. The predicted octanol–water partition coefficient (Wildman–Crippen LogP) is 1.44. The Balaban J connectivity index is 2.73. The lowest BCUT2D eigenvalue weighted by molar-refractivity contribution is -0.138. The van der Waals surface area contributed by atoms with Crippen LogP contribution < -0.4 is 5.32 Å². The monoisotopic (exact) mass is 241 g/mol. The Morgan fingerprint density at radius 2 is 2.13 bits per heavy atom. The second-order valence-corrected chi connectivity index (χ2v) is 3.59. The van der Waals surface area contributed by atoms with Crippen LogP contribution in [0.1, 0.15) is 11.9 Å². The highest BCUT2D eigenvalue weighted by Crippen LogP contribution is 2.33. The van der Waals surface area contributed by atoms with Crippen LogP contribution in [0.3, 0.4) is 0 Å². The molecule has 0 spiro atoms. The molecule has 0 aliphatic carbocycles. The fraction of sp³-hybridized carbons (Fsp3) is 0.500. The molecule has 0 bridgehead atoms. The summed E-state index contributed by atoms with van der Waals surface area (Å²) in [5.74, 6) is -1.18. The van der Waals surface area contributed by atoms with Crippen LogP contribution in [0.2, 0.25) is 0 Å². The van der Waals surface area contributed by atoms with Gasteiger partial charge in [-0.3, -0.25) is 4.79 Å². The highest BCUT2D eigenvalue weighted by atomic mass is 32.1. The minimum absolute atomic E-state index is 0.169. The summed E-state index contributed by atoms with van der Waals surface area (Å²) in [6.45, 7) is 1.29. The van der Waals surface area contributed by atoms with Crippen molar-refractivity contribution in [3.05, 3.63) is 5.01 Å². The number of nitrogens with one attached hydrogen (secondary N) is 1. The van der Waals surface area contributed by atoms with Gasteiger partial charge in [-0.2, -0.15) is 13.2 Å². The molecule has 15 heavy (non-hydrogen) atoms. The van der Waals surface area contributed by atoms with E-state index in [9.17, 15) is 18.0 Å². The molecule has 1 rings (SSSR count). The SMILES string of the molecule is C[C@@H](Nc1nnc(C(F)(F)F)s1)C(=O)O. The van der Waals surface area contributed by atoms with Gasteiger partial charge >= 0.3 is 12.1 Å². The number of hydrogen-bond acceptors (Lipinski definition) is 5. The molecule has 1 aromatic heterocycles. The lowest BCUT2D eigenvalue weighted by Crippen LogP contribution is -2.25. The van der Waals surface area contributed by atoms with E-state index in [1.54, 1.807) is 0 Å². The van der Waals surface area contributed by atoms with Gasteiger partial charge < -0.3 is 10.4 Å². The van der Waals surface area contributed by atoms with Crippen molar-refractivity contribution in [2.75, 3.05) is 5.32 Å². The van der Waals surface area contributed by atoms with E-state index >= 15 is 0 Å². The molecule has 1 aromatic rings. The van der Waals surface area contributed by atoms with Crippen LogP contribution in [0, 0.1) is 0 Å². The molecule has 0 saturated heterocycles. The van der Waals surface area contributed by atoms with Gasteiger partial charge in [0.1, 0.15) is 6.04 Å². The zero-order chi connectivity index (χ0) is 11.6. The molecule has 0 aromatic carbocycles. The number of aliphatic carboxylic acids is 1. The molecule has 9 heteroatoms. The Hall–Kier alpha value is -1.38. The third kappa shape index (κ3) is 3.05. The van der Waals surface area contributed by atoms with Gasteiger partial charge in [-0.1, -0.05) is 11.3 Å². The maximum Gasteiger partial charge on any atom is 0.445 e. The topological polar surface area (TPSA) is 75.1 Å². The first-order valence-corrected chi connectivity index (χ1v) is 4.52. The van der Waals surface area contributed by atoms with E-state index in [1.165, 1.54) is 6.92 Å². The molecule has 0 aliphatic rings. The van der Waals surface area contributed by atoms with E-state index in [2.05, 4.69) is 15.5 Å². The lowest BCUT2D eigenvalue weighted by Gasteiger charge is -2.05. The minimum atomic E-state index is -4.55. The summed E-state index contributed by atoms with van der Waals surface area (Å²) in [6.07, 6.45) is -4.55. The largest absolute Gasteiger partial charge is 0.480 e. The molecule has 1 atom stereocenters. The van der Waals surface area contributed by atoms with Crippen LogP contribution in [0.5, 0.6) is 0 Å². The van der Waals surface area contributed by atoms with Crippen LogP contribution in [0.4, 0.5) is 18.3 Å². The molecule has 0 aliphatic heterocycles. The fourth-order valence-corrected chi connectivity index (χ4v) is 1.34. The molecule has 0 saturated carbocycles. The molecule has 0 amide bonds. The highest BCUT2D eigenvalue weighted by Gasteiger charge is 2.35. The fourth-order valence-electron chi connectivity index (χ4n) is 0.643. The van der Waals surface area contributed by atoms with Crippen molar-refractivity contribution < 1.29 is 23.1 Å². The van der Waals surface area contributed by atoms with E-state index in [0.717, 1.165) is 0 Å². The van der Waals surface area contributed by atoms with Crippen molar-refractivity contribution in [2.45, 2.75) is 19.1 Å². The third-order valence-corrected chi connectivity index (χ3v) is 2.28. The lowest BCUT2D eigenvalue weighted by atomic mass is 10.4. The summed E-state index contributed by atoms with van der Waals surface area (Å²) < 4.78 is 36.2. The van der Waals surface area contributed by atoms with Crippen LogP contribution in [0.15, 0.2) is 0 Å². The number of nitrogens with zero attached hydrogens (tertiary/aromatic N) is 2. The number of halogens is 3. The Bertz CT molecular complexity index is 365. The second kappa shape index (κ2) is 4.01. The van der Waals surface area contributed by atoms with E-state index < -0.39 is 23.2 Å². The van der Waals surface area contributed by atoms with Crippen molar-refractivity contribution in [3.63, 3.8) is 0 Å². The molecular formula is C6H6F3N3O2S. The summed E-state index contributed by atoms with van der Waals surface area (Å²) in [7, 11) is 0. The predicted molar refractivity (Wildman–Crippen MR) is 45.6 cm³/mol. The Kier molecular flexibility index (Phi) is 3.12. The summed E-state index contributed by atoms with van der Waals surface area (Å²) in [5.41, 5.74) is 0. The van der Waals surface area contributed by atoms with Crippen molar-refractivity contribution in [1.29, 1.82) is 0 Å². The van der Waals surface area contributed by atoms with Gasteiger partial charge in [-0.15, -0.1) is 10.2 Å². The third-order valence-electron chi connectivity index (χ3n) is 1.38. The molecule has 1 heterocycles. The number of anilines is 1. The van der Waals surface area contributed by atoms with E-state index in [-0.39, 0.29) is 16.5 Å². The zero-order valence-corrected chi connectivity index (χ0v) is 8.19. The van der Waals surface area contributed by atoms with Crippen LogP contribution in [-0.2, 0) is 11.0 Å². The van der Waals surface area contributed by atoms with Gasteiger partial charge in [-0.25, -0.2) is 0 Å². The summed E-state index contributed by atoms with van der Waals surface area (Å²) >= 11 is 0.264. The smallest absolute Gasteiger partial charge is 0.445 e. The first-order valence-electron chi connectivity index (χ1n) is 3.70. The number of carboxylic acid groups (broad SMARTS) is 1. The van der Waals surface area contributed by atoms with Crippen LogP contribution in [-0.4, -0.2) is 27.3 Å². The zero-order valence-electron chi connectivity index (χ0n) is 7.37. The van der Waals surface area contributed by atoms with Crippen molar-refractivity contribution >= 4 is 22.4 Å². The standard InChI is InChI=1S/C6H6F3N3O2S/c1-2(3(13)14)10-5-12-11-4(15-5)6(7,8)9/h2H,1H3,(H,10,12)(H,13,14)/t2-/m1/s1. The maximum atomic E-state index is 12.1. The van der Waals surface area contributed by atoms with Gasteiger partial charge in [0.25, 0.3) is 0 Å². The molecule has 0 radical (unpaired) electrons. The number of alkyl halides is 3. The van der Waals surface area contributed by atoms with Crippen molar-refractivity contribution in [3.8, 4) is 0 Å². The minimum Gasteiger partial charge on any atom is -0.480 e. The molecule has 0 fully saturated rings. The van der Waals surface area contributed by atoms with E-state index in [4.69, 9.17) is 5.11 Å². The van der Waals surface area contributed by atoms with E-state index in [1.807, 2.05) is 0 Å². The van der Waals surface area contributed by atoms with E-state index in [0.29, 0.717) is 0 Å². The first-order chi connectivity index (χ1) is 6.80. The van der Waals surface area contributed by atoms with Crippen LogP contribution >= 0.6 is 11.3 Å². The Labute approximate surface area is 85.9 Å². The van der Waals surface area contributed by atoms with Gasteiger partial charge in [-0.05, 0) is 6.92 Å². The van der Waals surface area contributed by atoms with Gasteiger partial charge in [0.05, 0.1) is 0 Å². The maximum absolute atomic E-state index is 12.1. The average molecular weight is 241 g/mol. The summed E-state index contributed by atoms with van der Waals surface area (Å²) in [6, 6.07) is -1.01. The molecule has 5 nitrogen and oxygen atoms in total. The van der Waals surface area contributed by atoms with Gasteiger partial charge in [0.15, 0.2) is 0 Å². The Morgan fingerprint density at radius 3 is 2.53 bits per heavy atom. The Morgan fingerprint density at radius 1 is 1.53 bits per heavy atom. The average Bonchev–Trinajstić information content (AvgIpc) is 2.51. The van der Waals surface area contributed by atoms with Crippen LogP contribution in [0.25, 0.3) is 0 Å². The highest BCUT2D eigenvalue weighted by molar-refractivity contribution is 7.15. The number of carboxylic acids is 1. The molecule has 84 valence electrons. The van der Waals surface area contributed by atoms with Gasteiger partial charge in [0, 0.05) is 0 Å². The summed E-state index contributed by atoms with van der Waals surface area (Å²) in [4.78, 5) is 10.4. The van der Waals surface area contributed by atoms with Crippen molar-refractivity contribution in [2.24, 2.45) is 0 Å². The van der Waals surface area contributed by atoms with Gasteiger partial charge in [0.2, 0.25) is 10.1 Å². The number of hydrogen-bond donors (Lipinski definition) is 2. The molecule has 0 unspecified atom stereocenters. The molecular weight excluding hydrogens is 235 g/mol. The number of carbonyl (C=O) groups is 1. The molecule has 2 N–H and O–H groups in total. The number of aromatic nitrogens is 2. The van der Waals surface area contributed by atoms with Crippen molar-refractivity contribution in [1.82, 2.24) is 10.2 Å². The summed E-state index contributed by atoms with van der Waals surface area (Å²) in [5, 5.41) is 15.5. The number of rotatable bonds is 3.